The van der Waals surface area contributed by atoms with Crippen LogP contribution in [0.3, 0.4) is 0 Å². The minimum Gasteiger partial charge on any atom is -0.491 e. The molecule has 0 aliphatic carbocycles. The van der Waals surface area contributed by atoms with E-state index in [1.165, 1.54) is 7.05 Å². The fourth-order valence-electron chi connectivity index (χ4n) is 1.59. The quantitative estimate of drug-likeness (QED) is 0.482. The molecule has 0 saturated carbocycles. The van der Waals surface area contributed by atoms with Gasteiger partial charge in [0, 0.05) is 13.6 Å². The fraction of sp³-hybridized carbons (Fsp3) is 0.500. The van der Waals surface area contributed by atoms with Gasteiger partial charge in [0.25, 0.3) is 0 Å². The summed E-state index contributed by atoms with van der Waals surface area (Å²) < 4.78 is 41.6. The number of nitrogens with one attached hydrogen (secondary N) is 2. The zero-order chi connectivity index (χ0) is 15.7. The van der Waals surface area contributed by atoms with E-state index in [-0.39, 0.29) is 6.54 Å². The molecule has 0 radical (unpaired) electrons. The maximum absolute atomic E-state index is 12.0. The monoisotopic (exact) mass is 303 g/mol. The molecule has 1 rings (SSSR count). The molecule has 0 aromatic heterocycles. The Hall–Kier alpha value is -1.92. The third-order valence-corrected chi connectivity index (χ3v) is 2.67. The first-order chi connectivity index (χ1) is 9.92. The number of benzene rings is 1. The lowest BCUT2D eigenvalue weighted by atomic mass is 10.2. The normalized spacial score (nSPS) is 12.1. The molecular weight excluding hydrogens is 283 g/mol. The van der Waals surface area contributed by atoms with Gasteiger partial charge in [-0.25, -0.2) is 0 Å². The van der Waals surface area contributed by atoms with Crippen molar-refractivity contribution in [1.82, 2.24) is 10.6 Å². The number of para-hydroxylation sites is 1. The van der Waals surface area contributed by atoms with Crippen molar-refractivity contribution in [3.05, 3.63) is 29.8 Å². The van der Waals surface area contributed by atoms with Gasteiger partial charge in [0.2, 0.25) is 0 Å². The molecule has 1 aromatic rings. The van der Waals surface area contributed by atoms with Crippen molar-refractivity contribution in [2.45, 2.75) is 19.5 Å². The van der Waals surface area contributed by atoms with E-state index in [0.29, 0.717) is 19.1 Å². The second-order valence-corrected chi connectivity index (χ2v) is 4.40. The second kappa shape index (κ2) is 8.39. The van der Waals surface area contributed by atoms with Crippen molar-refractivity contribution in [1.29, 1.82) is 0 Å². The highest BCUT2D eigenvalue weighted by molar-refractivity contribution is 5.79. The fourth-order valence-corrected chi connectivity index (χ4v) is 1.59. The molecule has 118 valence electrons. The van der Waals surface area contributed by atoms with Gasteiger partial charge in [-0.3, -0.25) is 4.99 Å². The van der Waals surface area contributed by atoms with Gasteiger partial charge in [-0.15, -0.1) is 0 Å². The molecule has 1 aromatic carbocycles. The summed E-state index contributed by atoms with van der Waals surface area (Å²) in [5.41, 5.74) is 1.03. The number of hydrogen-bond acceptors (Lipinski definition) is 2. The van der Waals surface area contributed by atoms with E-state index in [4.69, 9.17) is 4.74 Å². The average molecular weight is 303 g/mol. The second-order valence-electron chi connectivity index (χ2n) is 4.40. The average Bonchev–Trinajstić information content (AvgIpc) is 2.42. The lowest BCUT2D eigenvalue weighted by Crippen LogP contribution is -2.40. The number of halogens is 3. The van der Waals surface area contributed by atoms with Crippen molar-refractivity contribution >= 4 is 5.96 Å². The van der Waals surface area contributed by atoms with E-state index in [1.807, 2.05) is 31.2 Å². The highest BCUT2D eigenvalue weighted by atomic mass is 19.4. The molecule has 21 heavy (non-hydrogen) atoms. The van der Waals surface area contributed by atoms with E-state index in [1.54, 1.807) is 0 Å². The Morgan fingerprint density at radius 2 is 1.86 bits per heavy atom. The Morgan fingerprint density at radius 3 is 2.48 bits per heavy atom. The van der Waals surface area contributed by atoms with Crippen LogP contribution in [0.25, 0.3) is 0 Å². The maximum Gasteiger partial charge on any atom is 0.390 e. The van der Waals surface area contributed by atoms with Crippen LogP contribution in [-0.2, 0) is 0 Å². The van der Waals surface area contributed by atoms with Gasteiger partial charge in [0.05, 0.1) is 13.0 Å². The van der Waals surface area contributed by atoms with Gasteiger partial charge >= 0.3 is 6.18 Å². The molecule has 4 nitrogen and oxygen atoms in total. The summed E-state index contributed by atoms with van der Waals surface area (Å²) in [5.74, 6) is 1.12. The van der Waals surface area contributed by atoms with Crippen molar-refractivity contribution < 1.29 is 17.9 Å². The standard InChI is InChI=1S/C14H20F3N3O/c1-11-5-3-4-6-12(11)21-10-9-20-13(18-2)19-8-7-14(15,16)17/h3-6H,7-10H2,1-2H3,(H2,18,19,20). The Morgan fingerprint density at radius 1 is 1.19 bits per heavy atom. The van der Waals surface area contributed by atoms with Gasteiger partial charge < -0.3 is 15.4 Å². The summed E-state index contributed by atoms with van der Waals surface area (Å²) in [6, 6.07) is 7.62. The minimum absolute atomic E-state index is 0.207. The number of hydrogen-bond donors (Lipinski definition) is 2. The predicted molar refractivity (Wildman–Crippen MR) is 76.7 cm³/mol. The maximum atomic E-state index is 12.0. The molecule has 0 spiro atoms. The Balaban J connectivity index is 2.22. The Kier molecular flexibility index (Phi) is 6.84. The molecule has 0 aliphatic rings. The topological polar surface area (TPSA) is 45.7 Å². The predicted octanol–water partition coefficient (Wildman–Crippen LogP) is 2.49. The highest BCUT2D eigenvalue weighted by Gasteiger charge is 2.26. The van der Waals surface area contributed by atoms with Gasteiger partial charge in [-0.1, -0.05) is 18.2 Å². The number of aryl methyl sites for hydroxylation is 1. The largest absolute Gasteiger partial charge is 0.491 e. The molecule has 0 fully saturated rings. The highest BCUT2D eigenvalue weighted by Crippen LogP contribution is 2.18. The van der Waals surface area contributed by atoms with Gasteiger partial charge in [-0.05, 0) is 18.6 Å². The van der Waals surface area contributed by atoms with Crippen molar-refractivity contribution in [3.8, 4) is 5.75 Å². The summed E-state index contributed by atoms with van der Waals surface area (Å²) in [5, 5.41) is 5.49. The Labute approximate surface area is 122 Å². The van der Waals surface area contributed by atoms with E-state index in [2.05, 4.69) is 15.6 Å². The molecule has 7 heteroatoms. The Bertz CT molecular complexity index is 461. The number of ether oxygens (including phenoxy) is 1. The van der Waals surface area contributed by atoms with E-state index >= 15 is 0 Å². The lowest BCUT2D eigenvalue weighted by molar-refractivity contribution is -0.132. The van der Waals surface area contributed by atoms with Gasteiger partial charge in [-0.2, -0.15) is 13.2 Å². The van der Waals surface area contributed by atoms with Crippen LogP contribution in [0.1, 0.15) is 12.0 Å². The van der Waals surface area contributed by atoms with Crippen LogP contribution >= 0.6 is 0 Å². The van der Waals surface area contributed by atoms with Crippen LogP contribution in [0.2, 0.25) is 0 Å². The molecule has 0 saturated heterocycles. The summed E-state index contributed by atoms with van der Waals surface area (Å²) in [6.45, 7) is 2.58. The van der Waals surface area contributed by atoms with Crippen molar-refractivity contribution in [3.63, 3.8) is 0 Å². The summed E-state index contributed by atoms with van der Waals surface area (Å²) in [4.78, 5) is 3.84. The van der Waals surface area contributed by atoms with Crippen molar-refractivity contribution in [2.24, 2.45) is 4.99 Å². The lowest BCUT2D eigenvalue weighted by Gasteiger charge is -2.14. The first-order valence-electron chi connectivity index (χ1n) is 6.62. The third-order valence-electron chi connectivity index (χ3n) is 2.67. The zero-order valence-corrected chi connectivity index (χ0v) is 12.1. The summed E-state index contributed by atoms with van der Waals surface area (Å²) in [7, 11) is 1.51. The molecule has 0 bridgehead atoms. The molecule has 0 amide bonds. The molecule has 0 aliphatic heterocycles. The molecule has 0 heterocycles. The molecular formula is C14H20F3N3O. The van der Waals surface area contributed by atoms with Gasteiger partial charge in [0.15, 0.2) is 5.96 Å². The smallest absolute Gasteiger partial charge is 0.390 e. The van der Waals surface area contributed by atoms with E-state index < -0.39 is 12.6 Å². The van der Waals surface area contributed by atoms with E-state index in [0.717, 1.165) is 11.3 Å². The SMILES string of the molecule is CN=C(NCCOc1ccccc1C)NCCC(F)(F)F. The van der Waals surface area contributed by atoms with Gasteiger partial charge in [0.1, 0.15) is 12.4 Å². The number of guanidine groups is 1. The van der Waals surface area contributed by atoms with Crippen LogP contribution in [-0.4, -0.2) is 38.9 Å². The first kappa shape index (κ1) is 17.1. The van der Waals surface area contributed by atoms with Crippen LogP contribution in [0.4, 0.5) is 13.2 Å². The zero-order valence-electron chi connectivity index (χ0n) is 12.1. The molecule has 2 N–H and O–H groups in total. The number of rotatable bonds is 6. The number of aliphatic imine (C=N–C) groups is 1. The number of nitrogens with zero attached hydrogens (tertiary/aromatic N) is 1. The molecule has 0 atom stereocenters. The van der Waals surface area contributed by atoms with Crippen LogP contribution in [0.15, 0.2) is 29.3 Å². The van der Waals surface area contributed by atoms with Crippen LogP contribution in [0, 0.1) is 6.92 Å². The van der Waals surface area contributed by atoms with Crippen LogP contribution in [0.5, 0.6) is 5.75 Å². The number of alkyl halides is 3. The third kappa shape index (κ3) is 7.43. The van der Waals surface area contributed by atoms with E-state index in [9.17, 15) is 13.2 Å². The summed E-state index contributed by atoms with van der Waals surface area (Å²) in [6.07, 6.45) is -5.06. The first-order valence-corrected chi connectivity index (χ1v) is 6.62. The van der Waals surface area contributed by atoms with Crippen molar-refractivity contribution in [2.75, 3.05) is 26.7 Å². The van der Waals surface area contributed by atoms with Crippen LogP contribution < -0.4 is 15.4 Å². The summed E-state index contributed by atoms with van der Waals surface area (Å²) >= 11 is 0. The molecule has 0 unspecified atom stereocenters. The minimum atomic E-state index is -4.17.